The number of aromatic carboxylic acids is 1. The minimum Gasteiger partial charge on any atom is -0.778 e. The molecule has 3 aromatic carbocycles. The normalized spacial score (nSPS) is 13.8. The van der Waals surface area contributed by atoms with E-state index in [-0.39, 0.29) is 34.3 Å². The van der Waals surface area contributed by atoms with Crippen molar-refractivity contribution in [1.29, 1.82) is 0 Å². The zero-order valence-electron chi connectivity index (χ0n) is 32.0. The van der Waals surface area contributed by atoms with E-state index in [9.17, 15) is 75.2 Å². The highest BCUT2D eigenvalue weighted by atomic mass is 35.5. The molecule has 0 aliphatic heterocycles. The number of benzene rings is 3. The van der Waals surface area contributed by atoms with Crippen molar-refractivity contribution in [2.75, 3.05) is 37.9 Å². The lowest BCUT2D eigenvalue weighted by molar-refractivity contribution is -0.385. The van der Waals surface area contributed by atoms with Gasteiger partial charge in [0.25, 0.3) is 11.4 Å². The standard InChI is InChI=1S/C14H7ClF3NO5.C14H13NO7S.C3H8NO5P.C3H9S/c15-10-5-7(14(16,17)18)1-4-12(10)24-8-2-3-11(19(22)23)9(6-8)13(20)21;1-23(21,22)8-5-6-9(10(7-8)15(19)20)14(18)13-11(16)3-2-4-12(13)17;5-3(6)1-4-2-10(7,8)9;1-4(2)3/h1-6H,(H,20,21);5-7,13H,2-4H2,1H3;4H,1-2H2,(H,5,6)(H2,7,8,9);1-3H3/q;;;+1/p-1. The number of sulfone groups is 1. The Morgan fingerprint density at radius 1 is 0.934 bits per heavy atom. The quantitative estimate of drug-likeness (QED) is 0.0484. The summed E-state index contributed by atoms with van der Waals surface area (Å²) < 4.78 is 75.8. The zero-order chi connectivity index (χ0) is 47.2. The lowest BCUT2D eigenvalue weighted by atomic mass is 9.81. The number of hydrogen-bond acceptors (Lipinski definition) is 15. The van der Waals surface area contributed by atoms with Crippen molar-refractivity contribution in [2.24, 2.45) is 5.92 Å². The zero-order valence-corrected chi connectivity index (χ0v) is 35.3. The van der Waals surface area contributed by atoms with E-state index in [4.69, 9.17) is 31.4 Å². The maximum Gasteiger partial charge on any atom is 0.416 e. The third-order valence-corrected chi connectivity index (χ3v) is 9.11. The van der Waals surface area contributed by atoms with Crippen LogP contribution in [0.2, 0.25) is 5.02 Å². The van der Waals surface area contributed by atoms with Crippen molar-refractivity contribution < 1.29 is 84.7 Å². The molecule has 1 aliphatic rings. The highest BCUT2D eigenvalue weighted by Crippen LogP contribution is 2.37. The molecule has 0 aromatic heterocycles. The number of nitro groups is 2. The van der Waals surface area contributed by atoms with E-state index in [1.807, 2.05) is 5.32 Å². The molecule has 1 unspecified atom stereocenters. The van der Waals surface area contributed by atoms with E-state index in [0.29, 0.717) is 23.4 Å². The summed E-state index contributed by atoms with van der Waals surface area (Å²) in [7, 11) is -7.40. The second-order valence-corrected chi connectivity index (χ2v) is 19.1. The molecule has 0 heterocycles. The van der Waals surface area contributed by atoms with Gasteiger partial charge in [0, 0.05) is 37.3 Å². The van der Waals surface area contributed by atoms with Crippen molar-refractivity contribution in [2.45, 2.75) is 30.3 Å². The number of alkyl halides is 3. The number of nitro benzene ring substituents is 2. The number of ether oxygens (including phenoxy) is 1. The Hall–Kier alpha value is -5.30. The average molecular weight is 946 g/mol. The van der Waals surface area contributed by atoms with Crippen LogP contribution >= 0.6 is 19.2 Å². The van der Waals surface area contributed by atoms with Crippen LogP contribution in [-0.2, 0) is 45.9 Å². The first-order valence-corrected chi connectivity index (χ1v) is 22.9. The Labute approximate surface area is 351 Å². The van der Waals surface area contributed by atoms with Crippen molar-refractivity contribution >= 4 is 80.6 Å². The third kappa shape index (κ3) is 18.5. The van der Waals surface area contributed by atoms with Crippen LogP contribution < -0.4 is 14.9 Å². The van der Waals surface area contributed by atoms with E-state index in [1.54, 1.807) is 0 Å². The highest BCUT2D eigenvalue weighted by Gasteiger charge is 2.39. The Bertz CT molecular complexity index is 2310. The van der Waals surface area contributed by atoms with Gasteiger partial charge in [-0.2, -0.15) is 13.2 Å². The molecule has 334 valence electrons. The minimum atomic E-state index is -4.58. The molecule has 1 saturated carbocycles. The van der Waals surface area contributed by atoms with Crippen molar-refractivity contribution in [3.63, 3.8) is 0 Å². The predicted octanol–water partition coefficient (Wildman–Crippen LogP) is 4.53. The molecule has 61 heavy (non-hydrogen) atoms. The third-order valence-electron chi connectivity index (χ3n) is 7.08. The number of carboxylic acids is 2. The summed E-state index contributed by atoms with van der Waals surface area (Å²) in [6.07, 6.45) is 2.67. The van der Waals surface area contributed by atoms with E-state index in [0.717, 1.165) is 54.8 Å². The number of rotatable bonds is 12. The second-order valence-electron chi connectivity index (χ2n) is 12.6. The first kappa shape index (κ1) is 53.7. The van der Waals surface area contributed by atoms with Gasteiger partial charge >= 0.3 is 18.1 Å². The number of carbonyl (C=O) groups excluding carboxylic acids is 3. The number of aliphatic carboxylic acids is 1. The molecule has 0 amide bonds. The number of hydrogen-bond donors (Lipinski definition) is 4. The topological polar surface area (TPSA) is 328 Å². The molecule has 4 N–H and O–H groups in total. The van der Waals surface area contributed by atoms with Gasteiger partial charge in [-0.15, -0.1) is 0 Å². The fraction of sp³-hybridized carbons (Fsp3) is 0.324. The van der Waals surface area contributed by atoms with E-state index in [2.05, 4.69) is 18.8 Å². The molecule has 1 fully saturated rings. The van der Waals surface area contributed by atoms with Gasteiger partial charge in [0.2, 0.25) is 0 Å². The molecule has 0 bridgehead atoms. The Morgan fingerprint density at radius 2 is 1.48 bits per heavy atom. The van der Waals surface area contributed by atoms with Crippen LogP contribution in [-0.4, -0.2) is 101 Å². The smallest absolute Gasteiger partial charge is 0.416 e. The molecule has 0 radical (unpaired) electrons. The van der Waals surface area contributed by atoms with Gasteiger partial charge in [-0.3, -0.25) is 44.7 Å². The Morgan fingerprint density at radius 3 is 1.90 bits per heavy atom. The number of carboxylic acid groups (broad SMARTS) is 2. The summed E-state index contributed by atoms with van der Waals surface area (Å²) >= 11 is 5.72. The lowest BCUT2D eigenvalue weighted by Crippen LogP contribution is -2.35. The monoisotopic (exact) mass is 945 g/mol. The number of ketones is 3. The Kier molecular flexibility index (Phi) is 20.3. The van der Waals surface area contributed by atoms with Gasteiger partial charge in [-0.1, -0.05) is 11.6 Å². The summed E-state index contributed by atoms with van der Waals surface area (Å²) in [4.78, 5) is 94.7. The minimum absolute atomic E-state index is 0.0668. The molecular formula is C34H36ClF3N3O17PS2. The molecule has 20 nitrogen and oxygen atoms in total. The number of carbonyl (C=O) groups is 5. The molecule has 1 atom stereocenters. The van der Waals surface area contributed by atoms with Gasteiger partial charge in [-0.05, 0) is 53.7 Å². The molecule has 3 aromatic rings. The van der Waals surface area contributed by atoms with Crippen LogP contribution in [0.15, 0.2) is 59.5 Å². The van der Waals surface area contributed by atoms with Crippen LogP contribution in [0.1, 0.15) is 45.5 Å². The first-order valence-electron chi connectivity index (χ1n) is 16.5. The van der Waals surface area contributed by atoms with E-state index >= 15 is 0 Å². The van der Waals surface area contributed by atoms with Crippen LogP contribution in [0.3, 0.4) is 0 Å². The number of halogens is 4. The van der Waals surface area contributed by atoms with E-state index in [1.165, 1.54) is 0 Å². The predicted molar refractivity (Wildman–Crippen MR) is 210 cm³/mol. The molecular weight excluding hydrogens is 910 g/mol. The SMILES string of the molecule is CS(=O)(=O)c1ccc(C(=O)C2C(=O)CCCC2=O)c([N+](=O)[O-])c1.C[S+](C)C.O=C(O)CNCP(=O)([O-])O.O=C(O)c1cc(Oc2ccc(C(F)(F)F)cc2Cl)ccc1[N+](=O)[O-]. The summed E-state index contributed by atoms with van der Waals surface area (Å²) in [6, 6.07) is 8.06. The molecule has 0 spiro atoms. The van der Waals surface area contributed by atoms with Crippen LogP contribution in [0.25, 0.3) is 0 Å². The average Bonchev–Trinajstić information content (AvgIpc) is 3.10. The summed E-state index contributed by atoms with van der Waals surface area (Å²) in [5, 5.41) is 40.5. The summed E-state index contributed by atoms with van der Waals surface area (Å²) in [5.41, 5.74) is -3.41. The van der Waals surface area contributed by atoms with Crippen LogP contribution in [0, 0.1) is 26.1 Å². The van der Waals surface area contributed by atoms with Crippen LogP contribution in [0.4, 0.5) is 24.5 Å². The van der Waals surface area contributed by atoms with E-state index < -0.39 is 110 Å². The summed E-state index contributed by atoms with van der Waals surface area (Å²) in [6.45, 7) is -0.479. The fourth-order valence-corrected chi connectivity index (χ4v) is 5.81. The first-order chi connectivity index (χ1) is 27.9. The highest BCUT2D eigenvalue weighted by molar-refractivity contribution is 7.94. The van der Waals surface area contributed by atoms with Gasteiger partial charge < -0.3 is 29.3 Å². The van der Waals surface area contributed by atoms with Crippen molar-refractivity contribution in [3.05, 3.63) is 96.5 Å². The maximum atomic E-state index is 12.6. The number of Topliss-reactive ketones (excluding diaryl/α,β-unsaturated/α-hetero) is 3. The second kappa shape index (κ2) is 23.1. The van der Waals surface area contributed by atoms with Gasteiger partial charge in [0.15, 0.2) is 27.2 Å². The van der Waals surface area contributed by atoms with Gasteiger partial charge in [0.05, 0.1) is 62.5 Å². The van der Waals surface area contributed by atoms with Crippen molar-refractivity contribution in [3.8, 4) is 11.5 Å². The number of nitrogens with one attached hydrogen (secondary N) is 1. The largest absolute Gasteiger partial charge is 0.778 e. The Balaban J connectivity index is 0.000000469. The van der Waals surface area contributed by atoms with Gasteiger partial charge in [-0.25, -0.2) is 13.2 Å². The lowest BCUT2D eigenvalue weighted by Gasteiger charge is -2.18. The molecule has 1 aliphatic carbocycles. The van der Waals surface area contributed by atoms with Gasteiger partial charge in [0.1, 0.15) is 30.6 Å². The van der Waals surface area contributed by atoms with Crippen molar-refractivity contribution in [1.82, 2.24) is 5.32 Å². The maximum absolute atomic E-state index is 12.6. The molecule has 27 heteroatoms. The molecule has 4 rings (SSSR count). The number of nitrogens with zero attached hydrogens (tertiary/aromatic N) is 2. The molecule has 0 saturated heterocycles. The fourth-order valence-electron chi connectivity index (χ4n) is 4.55. The summed E-state index contributed by atoms with van der Waals surface area (Å²) in [5.74, 6) is -6.62. The van der Waals surface area contributed by atoms with Crippen LogP contribution in [0.5, 0.6) is 11.5 Å².